The van der Waals surface area contributed by atoms with Gasteiger partial charge in [-0.2, -0.15) is 5.10 Å². The first kappa shape index (κ1) is 29.1. The Balaban J connectivity index is 1.16. The molecule has 0 aliphatic carbocycles. The van der Waals surface area contributed by atoms with Crippen LogP contribution in [0.5, 0.6) is 5.75 Å². The highest BCUT2D eigenvalue weighted by Crippen LogP contribution is 2.33. The first-order chi connectivity index (χ1) is 21.2. The molecule has 12 nitrogen and oxygen atoms in total. The number of amides is 2. The summed E-state index contributed by atoms with van der Waals surface area (Å²) >= 11 is 0. The third kappa shape index (κ3) is 6.50. The second kappa shape index (κ2) is 12.3. The van der Waals surface area contributed by atoms with Crippen LogP contribution in [0.4, 0.5) is 22.1 Å². The molecule has 12 heteroatoms. The minimum Gasteiger partial charge on any atom is -0.492 e. The van der Waals surface area contributed by atoms with Gasteiger partial charge in [-0.15, -0.1) is 0 Å². The highest BCUT2D eigenvalue weighted by molar-refractivity contribution is 6.00. The van der Waals surface area contributed by atoms with E-state index in [1.54, 1.807) is 22.9 Å². The number of benzene rings is 2. The maximum absolute atomic E-state index is 12.6. The van der Waals surface area contributed by atoms with Crippen LogP contribution in [-0.4, -0.2) is 62.1 Å². The van der Waals surface area contributed by atoms with Crippen LogP contribution in [0.1, 0.15) is 45.8 Å². The molecule has 5 aromatic rings. The van der Waals surface area contributed by atoms with E-state index in [1.807, 2.05) is 57.2 Å². The number of piperidine rings is 1. The van der Waals surface area contributed by atoms with Crippen LogP contribution in [0.2, 0.25) is 0 Å². The molecule has 1 aliphatic rings. The number of nitrogens with one attached hydrogen (secondary N) is 2. The van der Waals surface area contributed by atoms with Crippen molar-refractivity contribution in [3.63, 3.8) is 0 Å². The largest absolute Gasteiger partial charge is 0.492 e. The molecule has 1 saturated heterocycles. The Kier molecular flexibility index (Phi) is 8.16. The number of rotatable bonds is 8. The fraction of sp³-hybridized carbons (Fsp3) is 0.344. The van der Waals surface area contributed by atoms with Crippen molar-refractivity contribution < 1.29 is 14.1 Å². The number of hydrogen-bond acceptors (Lipinski definition) is 9. The Labute approximate surface area is 255 Å². The van der Waals surface area contributed by atoms with Crippen LogP contribution in [0.25, 0.3) is 28.0 Å². The third-order valence-corrected chi connectivity index (χ3v) is 7.61. The summed E-state index contributed by atoms with van der Waals surface area (Å²) in [7, 11) is 0. The summed E-state index contributed by atoms with van der Waals surface area (Å²) in [5, 5.41) is 15.0. The Morgan fingerprint density at radius 3 is 2.45 bits per heavy atom. The molecule has 0 saturated carbocycles. The lowest BCUT2D eigenvalue weighted by Crippen LogP contribution is -2.33. The van der Waals surface area contributed by atoms with Gasteiger partial charge in [-0.05, 0) is 74.5 Å². The second-order valence-electron chi connectivity index (χ2n) is 11.9. The van der Waals surface area contributed by atoms with E-state index >= 15 is 0 Å². The molecule has 4 heterocycles. The van der Waals surface area contributed by atoms with Crippen LogP contribution in [0, 0.1) is 0 Å². The minimum atomic E-state index is -0.433. The van der Waals surface area contributed by atoms with E-state index in [9.17, 15) is 4.79 Å². The average molecular weight is 596 g/mol. The van der Waals surface area contributed by atoms with Crippen LogP contribution in [0.3, 0.4) is 0 Å². The molecule has 4 N–H and O–H groups in total. The van der Waals surface area contributed by atoms with E-state index in [2.05, 4.69) is 30.7 Å². The predicted octanol–water partition coefficient (Wildman–Crippen LogP) is 5.86. The van der Waals surface area contributed by atoms with Gasteiger partial charge in [0.2, 0.25) is 0 Å². The summed E-state index contributed by atoms with van der Waals surface area (Å²) in [5.74, 6) is 2.17. The Morgan fingerprint density at radius 2 is 1.75 bits per heavy atom. The summed E-state index contributed by atoms with van der Waals surface area (Å²) in [5.41, 5.74) is 9.56. The number of anilines is 3. The molecule has 0 bridgehead atoms. The van der Waals surface area contributed by atoms with E-state index in [1.165, 1.54) is 25.6 Å². The quantitative estimate of drug-likeness (QED) is 0.200. The molecule has 0 spiro atoms. The molecule has 1 fully saturated rings. The van der Waals surface area contributed by atoms with Crippen LogP contribution >= 0.6 is 0 Å². The highest BCUT2D eigenvalue weighted by Gasteiger charge is 2.21. The number of nitrogens with zero attached hydrogens (tertiary/aromatic N) is 6. The van der Waals surface area contributed by atoms with Gasteiger partial charge in [0.05, 0.1) is 11.1 Å². The zero-order valence-corrected chi connectivity index (χ0v) is 25.2. The molecule has 3 aromatic heterocycles. The van der Waals surface area contributed by atoms with E-state index in [0.29, 0.717) is 46.4 Å². The van der Waals surface area contributed by atoms with E-state index in [-0.39, 0.29) is 5.41 Å². The number of aromatic nitrogens is 5. The van der Waals surface area contributed by atoms with Gasteiger partial charge in [0, 0.05) is 29.3 Å². The third-order valence-electron chi connectivity index (χ3n) is 7.61. The van der Waals surface area contributed by atoms with Crippen LogP contribution in [0.15, 0.2) is 65.4 Å². The molecule has 0 unspecified atom stereocenters. The van der Waals surface area contributed by atoms with Crippen LogP contribution < -0.4 is 21.1 Å². The molecule has 44 heavy (non-hydrogen) atoms. The first-order valence-electron chi connectivity index (χ1n) is 14.8. The van der Waals surface area contributed by atoms with E-state index in [4.69, 9.17) is 20.1 Å². The fourth-order valence-corrected chi connectivity index (χ4v) is 5.19. The molecule has 2 amide bonds. The van der Waals surface area contributed by atoms with E-state index in [0.717, 1.165) is 36.6 Å². The number of nitrogens with two attached hydrogens (primary N) is 1. The van der Waals surface area contributed by atoms with Crippen molar-refractivity contribution in [2.24, 2.45) is 0 Å². The normalized spacial score (nSPS) is 14.1. The number of fused-ring (bicyclic) bond motifs is 1. The number of likely N-dealkylation sites (tertiary alicyclic amines) is 1. The van der Waals surface area contributed by atoms with Crippen LogP contribution in [-0.2, 0) is 5.41 Å². The van der Waals surface area contributed by atoms with Crippen molar-refractivity contribution in [1.82, 2.24) is 29.8 Å². The molecule has 0 radical (unpaired) electrons. The van der Waals surface area contributed by atoms with Crippen molar-refractivity contribution in [2.75, 3.05) is 42.6 Å². The molecule has 228 valence electrons. The van der Waals surface area contributed by atoms with Gasteiger partial charge < -0.3 is 20.3 Å². The first-order valence-corrected chi connectivity index (χ1v) is 14.8. The lowest BCUT2D eigenvalue weighted by atomic mass is 9.93. The van der Waals surface area contributed by atoms with Crippen molar-refractivity contribution in [1.29, 1.82) is 0 Å². The molecule has 1 aliphatic heterocycles. The summed E-state index contributed by atoms with van der Waals surface area (Å²) in [6, 6.07) is 16.4. The fourth-order valence-electron chi connectivity index (χ4n) is 5.19. The van der Waals surface area contributed by atoms with Crippen molar-refractivity contribution in [3.05, 3.63) is 66.7 Å². The van der Waals surface area contributed by atoms with Gasteiger partial charge in [0.25, 0.3) is 0 Å². The number of carbonyl (C=O) groups is 1. The number of carbonyl (C=O) groups excluding carboxylic acids is 1. The molecule has 2 aromatic carbocycles. The monoisotopic (exact) mass is 595 g/mol. The molecule has 0 atom stereocenters. The van der Waals surface area contributed by atoms with E-state index < -0.39 is 6.03 Å². The second-order valence-corrected chi connectivity index (χ2v) is 11.9. The van der Waals surface area contributed by atoms with Gasteiger partial charge in [0.1, 0.15) is 36.0 Å². The minimum absolute atomic E-state index is 0.213. The van der Waals surface area contributed by atoms with Gasteiger partial charge in [-0.25, -0.2) is 19.4 Å². The number of hydrogen-bond donors (Lipinski definition) is 3. The van der Waals surface area contributed by atoms with Crippen molar-refractivity contribution >= 4 is 34.4 Å². The molecular weight excluding hydrogens is 558 g/mol. The number of ether oxygens (including phenoxy) is 1. The Hall–Kier alpha value is -4.97. The smallest absolute Gasteiger partial charge is 0.324 e. The topological polar surface area (TPSA) is 149 Å². The maximum Gasteiger partial charge on any atom is 0.324 e. The standard InChI is InChI=1S/C32H37N9O3/c1-32(2,3)25-19-26(39-44-25)37-31(42)36-22-9-11-23(12-10-22)41-30-27(29(33)34-20-35-30)28(38-41)21-7-13-24(14-8-21)43-18-17-40-15-5-4-6-16-40/h7-14,19-20H,4-6,15-18H2,1-3H3,(H2,33,34,35)(H2,36,37,39,42). The molecule has 6 rings (SSSR count). The zero-order chi connectivity index (χ0) is 30.7. The van der Waals surface area contributed by atoms with Gasteiger partial charge in [-0.1, -0.05) is 32.3 Å². The maximum atomic E-state index is 12.6. The van der Waals surface area contributed by atoms with Crippen molar-refractivity contribution in [3.8, 4) is 22.7 Å². The number of urea groups is 1. The lowest BCUT2D eigenvalue weighted by molar-refractivity contribution is 0.183. The highest BCUT2D eigenvalue weighted by atomic mass is 16.5. The zero-order valence-electron chi connectivity index (χ0n) is 25.2. The van der Waals surface area contributed by atoms with Crippen molar-refractivity contribution in [2.45, 2.75) is 45.4 Å². The molecular formula is C32H37N9O3. The summed E-state index contributed by atoms with van der Waals surface area (Å²) in [4.78, 5) is 23.7. The lowest BCUT2D eigenvalue weighted by Gasteiger charge is -2.26. The summed E-state index contributed by atoms with van der Waals surface area (Å²) in [6.45, 7) is 9.92. The SMILES string of the molecule is CC(C)(C)c1cc(NC(=O)Nc2ccc(-n3nc(-c4ccc(OCCN5CCCCC5)cc4)c4c(N)ncnc43)cc2)no1. The Morgan fingerprint density at radius 1 is 1.00 bits per heavy atom. The predicted molar refractivity (Wildman–Crippen MR) is 170 cm³/mol. The van der Waals surface area contributed by atoms with Gasteiger partial charge in [0.15, 0.2) is 11.5 Å². The van der Waals surface area contributed by atoms with Gasteiger partial charge >= 0.3 is 6.03 Å². The van der Waals surface area contributed by atoms with Gasteiger partial charge in [-0.3, -0.25) is 10.2 Å². The number of nitrogen functional groups attached to an aromatic ring is 1. The summed E-state index contributed by atoms with van der Waals surface area (Å²) in [6.07, 6.45) is 5.28. The average Bonchev–Trinajstić information content (AvgIpc) is 3.65. The summed E-state index contributed by atoms with van der Waals surface area (Å²) < 4.78 is 13.1. The Bertz CT molecular complexity index is 1730.